The van der Waals surface area contributed by atoms with Crippen molar-refractivity contribution in [2.45, 2.75) is 0 Å². The molecule has 1 nitrogen and oxygen atoms in total. The molecule has 0 unspecified atom stereocenters. The Morgan fingerprint density at radius 3 is 2.25 bits per heavy atom. The third kappa shape index (κ3) is 2.86. The summed E-state index contributed by atoms with van der Waals surface area (Å²) in [5.41, 5.74) is 0.850. The Labute approximate surface area is 81.2 Å². The fourth-order valence-corrected chi connectivity index (χ4v) is 1.40. The van der Waals surface area contributed by atoms with Crippen LogP contribution in [0.1, 0.15) is 5.56 Å². The summed E-state index contributed by atoms with van der Waals surface area (Å²) in [7, 11) is 0. The molecule has 0 amide bonds. The van der Waals surface area contributed by atoms with Gasteiger partial charge in [0, 0.05) is 10.0 Å². The molecule has 0 aliphatic heterocycles. The highest BCUT2D eigenvalue weighted by Crippen LogP contribution is 2.19. The van der Waals surface area contributed by atoms with Crippen molar-refractivity contribution in [3.63, 3.8) is 0 Å². The number of hydrogen-bond acceptors (Lipinski definition) is 0. The van der Waals surface area contributed by atoms with Gasteiger partial charge in [0.2, 0.25) is 0 Å². The SMILES string of the molecule is [O]C/C=C/c1cc(Cl)cc(Cl)c1. The van der Waals surface area contributed by atoms with Gasteiger partial charge in [-0.1, -0.05) is 35.4 Å². The van der Waals surface area contributed by atoms with E-state index in [1.807, 2.05) is 0 Å². The third-order valence-electron chi connectivity index (χ3n) is 1.29. The van der Waals surface area contributed by atoms with E-state index in [4.69, 9.17) is 23.2 Å². The maximum absolute atomic E-state index is 10.1. The first kappa shape index (κ1) is 9.59. The second-order valence-corrected chi connectivity index (χ2v) is 3.14. The van der Waals surface area contributed by atoms with Gasteiger partial charge in [0.1, 0.15) is 6.61 Å². The molecule has 1 radical (unpaired) electrons. The molecular weight excluding hydrogens is 195 g/mol. The molecular formula is C9H7Cl2O. The molecule has 63 valence electrons. The maximum atomic E-state index is 10.1. The van der Waals surface area contributed by atoms with Crippen molar-refractivity contribution in [2.24, 2.45) is 0 Å². The van der Waals surface area contributed by atoms with Crippen molar-refractivity contribution in [3.05, 3.63) is 39.9 Å². The van der Waals surface area contributed by atoms with Crippen LogP contribution in [-0.4, -0.2) is 6.61 Å². The largest absolute Gasteiger partial charge is 0.232 e. The van der Waals surface area contributed by atoms with Crippen LogP contribution < -0.4 is 0 Å². The quantitative estimate of drug-likeness (QED) is 0.699. The normalized spacial score (nSPS) is 10.9. The summed E-state index contributed by atoms with van der Waals surface area (Å²) in [6.07, 6.45) is 3.22. The minimum atomic E-state index is -0.232. The maximum Gasteiger partial charge on any atom is 0.101 e. The lowest BCUT2D eigenvalue weighted by molar-refractivity contribution is 0.233. The molecule has 1 aromatic carbocycles. The first-order valence-corrected chi connectivity index (χ1v) is 4.18. The van der Waals surface area contributed by atoms with Crippen molar-refractivity contribution in [2.75, 3.05) is 6.61 Å². The number of halogens is 2. The van der Waals surface area contributed by atoms with Crippen molar-refractivity contribution >= 4 is 29.3 Å². The molecule has 0 spiro atoms. The van der Waals surface area contributed by atoms with Gasteiger partial charge in [-0.05, 0) is 23.8 Å². The number of hydrogen-bond donors (Lipinski definition) is 0. The molecule has 0 saturated heterocycles. The summed E-state index contributed by atoms with van der Waals surface area (Å²) < 4.78 is 0. The Kier molecular flexibility index (Phi) is 3.60. The lowest BCUT2D eigenvalue weighted by Crippen LogP contribution is -1.74. The van der Waals surface area contributed by atoms with Crippen LogP contribution in [0, 0.1) is 0 Å². The molecule has 0 heterocycles. The zero-order valence-electron chi connectivity index (χ0n) is 6.26. The summed E-state index contributed by atoms with van der Waals surface area (Å²) in [5.74, 6) is 0. The van der Waals surface area contributed by atoms with Gasteiger partial charge in [0.05, 0.1) is 0 Å². The average molecular weight is 202 g/mol. The molecule has 0 atom stereocenters. The predicted molar refractivity (Wildman–Crippen MR) is 51.0 cm³/mol. The highest BCUT2D eigenvalue weighted by molar-refractivity contribution is 6.34. The zero-order chi connectivity index (χ0) is 8.97. The van der Waals surface area contributed by atoms with E-state index in [0.717, 1.165) is 5.56 Å². The first-order valence-electron chi connectivity index (χ1n) is 3.43. The minimum absolute atomic E-state index is 0.232. The van der Waals surface area contributed by atoms with E-state index >= 15 is 0 Å². The summed E-state index contributed by atoms with van der Waals surface area (Å²) in [4.78, 5) is 0. The van der Waals surface area contributed by atoms with E-state index in [0.29, 0.717) is 10.0 Å². The number of rotatable bonds is 2. The Morgan fingerprint density at radius 1 is 1.17 bits per heavy atom. The topological polar surface area (TPSA) is 19.9 Å². The Bertz CT molecular complexity index is 274. The lowest BCUT2D eigenvalue weighted by Gasteiger charge is -1.95. The predicted octanol–water partition coefficient (Wildman–Crippen LogP) is 3.44. The Morgan fingerprint density at radius 2 is 1.75 bits per heavy atom. The van der Waals surface area contributed by atoms with Crippen molar-refractivity contribution < 1.29 is 5.11 Å². The van der Waals surface area contributed by atoms with Gasteiger partial charge >= 0.3 is 0 Å². The van der Waals surface area contributed by atoms with E-state index in [1.54, 1.807) is 24.3 Å². The molecule has 0 bridgehead atoms. The van der Waals surface area contributed by atoms with Crippen LogP contribution in [0.5, 0.6) is 0 Å². The minimum Gasteiger partial charge on any atom is -0.232 e. The van der Waals surface area contributed by atoms with Crippen LogP contribution in [0.25, 0.3) is 6.08 Å². The monoisotopic (exact) mass is 201 g/mol. The van der Waals surface area contributed by atoms with E-state index in [2.05, 4.69) is 0 Å². The van der Waals surface area contributed by atoms with E-state index in [1.165, 1.54) is 6.08 Å². The molecule has 0 N–H and O–H groups in total. The summed E-state index contributed by atoms with van der Waals surface area (Å²) in [6, 6.07) is 5.15. The number of benzene rings is 1. The van der Waals surface area contributed by atoms with Gasteiger partial charge in [0.25, 0.3) is 0 Å². The van der Waals surface area contributed by atoms with Crippen molar-refractivity contribution in [3.8, 4) is 0 Å². The van der Waals surface area contributed by atoms with E-state index in [-0.39, 0.29) is 6.61 Å². The summed E-state index contributed by atoms with van der Waals surface area (Å²) >= 11 is 11.5. The van der Waals surface area contributed by atoms with Crippen LogP contribution in [0.15, 0.2) is 24.3 Å². The Balaban J connectivity index is 2.93. The van der Waals surface area contributed by atoms with Gasteiger partial charge in [-0.2, -0.15) is 0 Å². The third-order valence-corrected chi connectivity index (χ3v) is 1.73. The van der Waals surface area contributed by atoms with Crippen LogP contribution in [0.4, 0.5) is 0 Å². The average Bonchev–Trinajstić information content (AvgIpc) is 1.99. The molecule has 3 heteroatoms. The molecule has 0 aromatic heterocycles. The van der Waals surface area contributed by atoms with Crippen LogP contribution in [0.2, 0.25) is 10.0 Å². The molecule has 1 aromatic rings. The van der Waals surface area contributed by atoms with Gasteiger partial charge in [-0.25, -0.2) is 5.11 Å². The fraction of sp³-hybridized carbons (Fsp3) is 0.111. The highest BCUT2D eigenvalue weighted by atomic mass is 35.5. The van der Waals surface area contributed by atoms with Gasteiger partial charge in [0.15, 0.2) is 0 Å². The second kappa shape index (κ2) is 4.51. The highest BCUT2D eigenvalue weighted by Gasteiger charge is 1.93. The van der Waals surface area contributed by atoms with E-state index < -0.39 is 0 Å². The van der Waals surface area contributed by atoms with Crippen molar-refractivity contribution in [1.82, 2.24) is 0 Å². The Hall–Kier alpha value is -0.500. The van der Waals surface area contributed by atoms with Gasteiger partial charge in [-0.3, -0.25) is 0 Å². The van der Waals surface area contributed by atoms with Gasteiger partial charge < -0.3 is 0 Å². The smallest absolute Gasteiger partial charge is 0.101 e. The zero-order valence-corrected chi connectivity index (χ0v) is 7.77. The molecule has 0 saturated carbocycles. The van der Waals surface area contributed by atoms with E-state index in [9.17, 15) is 5.11 Å². The first-order chi connectivity index (χ1) is 5.72. The molecule has 1 rings (SSSR count). The van der Waals surface area contributed by atoms with Crippen LogP contribution >= 0.6 is 23.2 Å². The van der Waals surface area contributed by atoms with Crippen LogP contribution in [0.3, 0.4) is 0 Å². The molecule has 0 aliphatic rings. The van der Waals surface area contributed by atoms with Crippen LogP contribution in [-0.2, 0) is 5.11 Å². The molecule has 12 heavy (non-hydrogen) atoms. The fourth-order valence-electron chi connectivity index (χ4n) is 0.856. The summed E-state index contributed by atoms with van der Waals surface area (Å²) in [6.45, 7) is -0.232. The standard InChI is InChI=1S/C9H7Cl2O/c10-8-4-7(2-1-3-12)5-9(11)6-8/h1-2,4-6H,3H2/b2-1+. The summed E-state index contributed by atoms with van der Waals surface area (Å²) in [5, 5.41) is 11.3. The molecule has 0 aliphatic carbocycles. The molecule has 0 fully saturated rings. The lowest BCUT2D eigenvalue weighted by atomic mass is 10.2. The van der Waals surface area contributed by atoms with Gasteiger partial charge in [-0.15, -0.1) is 0 Å². The van der Waals surface area contributed by atoms with Crippen molar-refractivity contribution in [1.29, 1.82) is 0 Å². The second-order valence-electron chi connectivity index (χ2n) is 2.27.